The highest BCUT2D eigenvalue weighted by molar-refractivity contribution is 4.60. The molecule has 0 bridgehead atoms. The van der Waals surface area contributed by atoms with Gasteiger partial charge in [0, 0.05) is 6.54 Å². The lowest BCUT2D eigenvalue weighted by atomic mass is 10.1. The van der Waals surface area contributed by atoms with E-state index < -0.39 is 0 Å². The van der Waals surface area contributed by atoms with Gasteiger partial charge in [0.25, 0.3) is 0 Å². The zero-order chi connectivity index (χ0) is 10.3. The molecule has 0 amide bonds. The normalized spacial score (nSPS) is 12.0. The lowest BCUT2D eigenvalue weighted by Gasteiger charge is -2.24. The van der Waals surface area contributed by atoms with Gasteiger partial charge in [-0.15, -0.1) is 0 Å². The van der Waals surface area contributed by atoms with Gasteiger partial charge in [-0.25, -0.2) is 0 Å². The largest absolute Gasteiger partial charge is 0.303 e. The minimum absolute atomic E-state index is 0.804. The lowest BCUT2D eigenvalue weighted by molar-refractivity contribution is 0.231. The first-order valence-corrected chi connectivity index (χ1v) is 5.78. The molecule has 1 heteroatoms. The van der Waals surface area contributed by atoms with Gasteiger partial charge in [0.05, 0.1) is 0 Å². The lowest BCUT2D eigenvalue weighted by Crippen LogP contribution is -2.30. The molecule has 0 radical (unpaired) electrons. The summed E-state index contributed by atoms with van der Waals surface area (Å²) in [7, 11) is 0. The Morgan fingerprint density at radius 1 is 0.923 bits per heavy atom. The van der Waals surface area contributed by atoms with Crippen molar-refractivity contribution in [3.63, 3.8) is 0 Å². The number of hydrogen-bond acceptors (Lipinski definition) is 1. The van der Waals surface area contributed by atoms with Crippen LogP contribution in [-0.2, 0) is 0 Å². The van der Waals surface area contributed by atoms with Crippen LogP contribution >= 0.6 is 0 Å². The molecule has 13 heavy (non-hydrogen) atoms. The van der Waals surface area contributed by atoms with Gasteiger partial charge < -0.3 is 4.90 Å². The van der Waals surface area contributed by atoms with E-state index in [1.54, 1.807) is 0 Å². The van der Waals surface area contributed by atoms with Crippen molar-refractivity contribution in [1.29, 1.82) is 0 Å². The molecular formula is C12H27N. The highest BCUT2D eigenvalue weighted by Gasteiger charge is 2.06. The summed E-state index contributed by atoms with van der Waals surface area (Å²) in [5, 5.41) is 0. The van der Waals surface area contributed by atoms with E-state index in [1.807, 2.05) is 0 Å². The third-order valence-electron chi connectivity index (χ3n) is 2.19. The van der Waals surface area contributed by atoms with Crippen LogP contribution in [0.2, 0.25) is 0 Å². The van der Waals surface area contributed by atoms with Gasteiger partial charge in [0.2, 0.25) is 0 Å². The average molecular weight is 185 g/mol. The highest BCUT2D eigenvalue weighted by Crippen LogP contribution is 2.05. The van der Waals surface area contributed by atoms with Crippen LogP contribution in [0.5, 0.6) is 0 Å². The summed E-state index contributed by atoms with van der Waals surface area (Å²) < 4.78 is 0. The minimum Gasteiger partial charge on any atom is -0.303 e. The Labute approximate surface area is 84.5 Å². The quantitative estimate of drug-likeness (QED) is 0.587. The smallest absolute Gasteiger partial charge is 0.000438 e. The fraction of sp³-hybridized carbons (Fsp3) is 1.00. The fourth-order valence-electron chi connectivity index (χ4n) is 1.57. The van der Waals surface area contributed by atoms with Crippen molar-refractivity contribution >= 4 is 0 Å². The summed E-state index contributed by atoms with van der Waals surface area (Å²) in [5.41, 5.74) is 0. The Bertz CT molecular complexity index is 108. The van der Waals surface area contributed by atoms with Gasteiger partial charge in [0.15, 0.2) is 0 Å². The van der Waals surface area contributed by atoms with Crippen LogP contribution in [0.1, 0.15) is 47.5 Å². The van der Waals surface area contributed by atoms with Gasteiger partial charge in [-0.3, -0.25) is 0 Å². The van der Waals surface area contributed by atoms with Gasteiger partial charge in [-0.05, 0) is 37.8 Å². The van der Waals surface area contributed by atoms with Gasteiger partial charge in [-0.2, -0.15) is 0 Å². The molecule has 0 aromatic heterocycles. The van der Waals surface area contributed by atoms with Crippen molar-refractivity contribution in [2.24, 2.45) is 11.8 Å². The molecule has 0 aromatic carbocycles. The molecule has 0 saturated heterocycles. The monoisotopic (exact) mass is 185 g/mol. The summed E-state index contributed by atoms with van der Waals surface area (Å²) >= 11 is 0. The molecule has 0 aromatic rings. The van der Waals surface area contributed by atoms with Gasteiger partial charge in [-0.1, -0.05) is 34.6 Å². The Morgan fingerprint density at radius 3 is 1.92 bits per heavy atom. The zero-order valence-corrected chi connectivity index (χ0v) is 10.1. The second-order valence-electron chi connectivity index (χ2n) is 4.88. The number of nitrogens with zero attached hydrogens (tertiary/aromatic N) is 1. The Morgan fingerprint density at radius 2 is 1.54 bits per heavy atom. The predicted octanol–water partition coefficient (Wildman–Crippen LogP) is 3.40. The van der Waals surface area contributed by atoms with Crippen LogP contribution in [0.3, 0.4) is 0 Å². The van der Waals surface area contributed by atoms with Crippen LogP contribution in [0.15, 0.2) is 0 Å². The van der Waals surface area contributed by atoms with Crippen molar-refractivity contribution in [2.45, 2.75) is 47.5 Å². The summed E-state index contributed by atoms with van der Waals surface area (Å²) in [6.45, 7) is 15.3. The fourth-order valence-corrected chi connectivity index (χ4v) is 1.57. The molecule has 0 aliphatic heterocycles. The third kappa shape index (κ3) is 8.29. The summed E-state index contributed by atoms with van der Waals surface area (Å²) in [5.74, 6) is 1.64. The molecule has 0 saturated carbocycles. The molecule has 0 spiro atoms. The van der Waals surface area contributed by atoms with Crippen LogP contribution < -0.4 is 0 Å². The van der Waals surface area contributed by atoms with Crippen molar-refractivity contribution in [2.75, 3.05) is 19.6 Å². The predicted molar refractivity (Wildman–Crippen MR) is 61.0 cm³/mol. The van der Waals surface area contributed by atoms with Crippen molar-refractivity contribution in [1.82, 2.24) is 4.90 Å². The molecule has 0 aliphatic rings. The topological polar surface area (TPSA) is 3.24 Å². The molecule has 0 heterocycles. The molecule has 80 valence electrons. The van der Waals surface area contributed by atoms with E-state index in [0.29, 0.717) is 0 Å². The molecule has 0 atom stereocenters. The van der Waals surface area contributed by atoms with E-state index in [9.17, 15) is 0 Å². The Kier molecular flexibility index (Phi) is 7.35. The minimum atomic E-state index is 0.804. The first-order chi connectivity index (χ1) is 6.06. The van der Waals surface area contributed by atoms with Crippen LogP contribution in [0.4, 0.5) is 0 Å². The molecule has 0 aliphatic carbocycles. The third-order valence-corrected chi connectivity index (χ3v) is 2.19. The maximum atomic E-state index is 2.60. The van der Waals surface area contributed by atoms with E-state index in [0.717, 1.165) is 11.8 Å². The maximum absolute atomic E-state index is 2.60. The van der Waals surface area contributed by atoms with Gasteiger partial charge in [0.1, 0.15) is 0 Å². The first-order valence-electron chi connectivity index (χ1n) is 5.78. The van der Waals surface area contributed by atoms with Crippen molar-refractivity contribution in [3.8, 4) is 0 Å². The van der Waals surface area contributed by atoms with E-state index in [4.69, 9.17) is 0 Å². The molecule has 0 rings (SSSR count). The molecule has 0 unspecified atom stereocenters. The second kappa shape index (κ2) is 7.37. The van der Waals surface area contributed by atoms with Crippen molar-refractivity contribution in [3.05, 3.63) is 0 Å². The zero-order valence-electron chi connectivity index (χ0n) is 10.1. The molecule has 0 N–H and O–H groups in total. The highest BCUT2D eigenvalue weighted by atomic mass is 15.1. The standard InChI is InChI=1S/C12H27N/c1-6-8-13(10-12(4)5)9-7-11(2)3/h11-12H,6-10H2,1-5H3. The average Bonchev–Trinajstić information content (AvgIpc) is 1.99. The molecular weight excluding hydrogens is 158 g/mol. The summed E-state index contributed by atoms with van der Waals surface area (Å²) in [6, 6.07) is 0. The summed E-state index contributed by atoms with van der Waals surface area (Å²) in [6.07, 6.45) is 2.62. The van der Waals surface area contributed by atoms with E-state index in [-0.39, 0.29) is 0 Å². The number of hydrogen-bond donors (Lipinski definition) is 0. The van der Waals surface area contributed by atoms with E-state index in [2.05, 4.69) is 39.5 Å². The number of rotatable bonds is 7. The van der Waals surface area contributed by atoms with Crippen LogP contribution in [0, 0.1) is 11.8 Å². The van der Waals surface area contributed by atoms with Crippen LogP contribution in [-0.4, -0.2) is 24.5 Å². The maximum Gasteiger partial charge on any atom is 0.000438 e. The van der Waals surface area contributed by atoms with Crippen LogP contribution in [0.25, 0.3) is 0 Å². The molecule has 1 nitrogen and oxygen atoms in total. The SMILES string of the molecule is CCCN(CCC(C)C)CC(C)C. The van der Waals surface area contributed by atoms with E-state index in [1.165, 1.54) is 32.5 Å². The second-order valence-corrected chi connectivity index (χ2v) is 4.88. The Hall–Kier alpha value is -0.0400. The molecule has 0 fully saturated rings. The van der Waals surface area contributed by atoms with E-state index >= 15 is 0 Å². The summed E-state index contributed by atoms with van der Waals surface area (Å²) in [4.78, 5) is 2.60. The first kappa shape index (κ1) is 13.0. The van der Waals surface area contributed by atoms with Gasteiger partial charge >= 0.3 is 0 Å². The Balaban J connectivity index is 3.66. The van der Waals surface area contributed by atoms with Crippen molar-refractivity contribution < 1.29 is 0 Å².